The highest BCUT2D eigenvalue weighted by Crippen LogP contribution is 2.48. The van der Waals surface area contributed by atoms with Gasteiger partial charge in [0.25, 0.3) is 0 Å². The van der Waals surface area contributed by atoms with Crippen LogP contribution in [0.15, 0.2) is 63.5 Å². The minimum absolute atomic E-state index is 0.0199. The third-order valence-corrected chi connectivity index (χ3v) is 8.49. The van der Waals surface area contributed by atoms with E-state index in [0.29, 0.717) is 24.8 Å². The summed E-state index contributed by atoms with van der Waals surface area (Å²) in [7, 11) is 0. The molecule has 0 saturated carbocycles. The SMILES string of the molecule is CC(CC1=N[C@@H](C(C)(C)C)CO1)(C1=N[C@H]2c3ccccc3C[C@H]2O1)C1=N[C@H]2c3ccccc3C[C@H]2O1. The maximum atomic E-state index is 6.62. The third kappa shape index (κ3) is 3.33. The first-order valence-corrected chi connectivity index (χ1v) is 13.1. The molecule has 0 N–H and O–H groups in total. The van der Waals surface area contributed by atoms with Crippen molar-refractivity contribution in [1.82, 2.24) is 0 Å². The van der Waals surface area contributed by atoms with Gasteiger partial charge < -0.3 is 14.2 Å². The van der Waals surface area contributed by atoms with Crippen LogP contribution in [0.1, 0.15) is 68.5 Å². The van der Waals surface area contributed by atoms with Gasteiger partial charge in [-0.2, -0.15) is 0 Å². The van der Waals surface area contributed by atoms with Crippen LogP contribution in [-0.2, 0) is 27.1 Å². The molecule has 5 aliphatic rings. The molecule has 2 aliphatic carbocycles. The summed E-state index contributed by atoms with van der Waals surface area (Å²) in [5.41, 5.74) is 4.56. The van der Waals surface area contributed by atoms with E-state index in [-0.39, 0.29) is 35.7 Å². The molecule has 0 spiro atoms. The largest absolute Gasteiger partial charge is 0.479 e. The van der Waals surface area contributed by atoms with Crippen molar-refractivity contribution in [3.63, 3.8) is 0 Å². The second kappa shape index (κ2) is 7.67. The van der Waals surface area contributed by atoms with Gasteiger partial charge in [-0.15, -0.1) is 0 Å². The Labute approximate surface area is 212 Å². The smallest absolute Gasteiger partial charge is 0.200 e. The minimum atomic E-state index is -0.676. The van der Waals surface area contributed by atoms with Gasteiger partial charge in [-0.1, -0.05) is 69.3 Å². The van der Waals surface area contributed by atoms with Crippen LogP contribution in [0.3, 0.4) is 0 Å². The summed E-state index contributed by atoms with van der Waals surface area (Å²) in [5.74, 6) is 2.14. The molecule has 5 atom stereocenters. The lowest BCUT2D eigenvalue weighted by molar-refractivity contribution is 0.165. The number of nitrogens with zero attached hydrogens (tertiary/aromatic N) is 3. The molecule has 0 radical (unpaired) electrons. The molecule has 2 aromatic rings. The summed E-state index contributed by atoms with van der Waals surface area (Å²) in [6, 6.07) is 17.2. The van der Waals surface area contributed by atoms with E-state index in [1.165, 1.54) is 22.3 Å². The molecule has 6 heteroatoms. The molecule has 0 unspecified atom stereocenters. The Morgan fingerprint density at radius 2 is 1.28 bits per heavy atom. The van der Waals surface area contributed by atoms with Crippen molar-refractivity contribution < 1.29 is 14.2 Å². The highest BCUT2D eigenvalue weighted by Gasteiger charge is 2.53. The van der Waals surface area contributed by atoms with E-state index in [4.69, 9.17) is 29.2 Å². The van der Waals surface area contributed by atoms with Gasteiger partial charge in [0.05, 0.1) is 6.04 Å². The van der Waals surface area contributed by atoms with Crippen molar-refractivity contribution in [2.75, 3.05) is 6.61 Å². The molecule has 0 saturated heterocycles. The zero-order chi connectivity index (χ0) is 24.7. The Balaban J connectivity index is 1.26. The summed E-state index contributed by atoms with van der Waals surface area (Å²) in [4.78, 5) is 15.3. The standard InChI is InChI=1S/C30H33N3O3/c1-29(2,3)23-16-34-24(31-23)15-30(4,27-32-25-19-11-7-5-9-17(19)13-21(25)35-27)28-33-26-20-12-8-6-10-18(20)14-22(26)36-28/h5-12,21-23,25-26H,13-16H2,1-4H3/t21-,22-,23-,25+,26+/m1/s1. The molecule has 36 heavy (non-hydrogen) atoms. The van der Waals surface area contributed by atoms with E-state index in [2.05, 4.69) is 76.2 Å². The van der Waals surface area contributed by atoms with Crippen LogP contribution in [-0.4, -0.2) is 42.5 Å². The molecule has 7 rings (SSSR count). The molecule has 0 fully saturated rings. The van der Waals surface area contributed by atoms with Crippen molar-refractivity contribution in [1.29, 1.82) is 0 Å². The first-order chi connectivity index (χ1) is 17.3. The number of aliphatic imine (C=N–C) groups is 3. The highest BCUT2D eigenvalue weighted by molar-refractivity contribution is 6.09. The number of ether oxygens (including phenoxy) is 3. The fourth-order valence-electron chi connectivity index (χ4n) is 6.25. The van der Waals surface area contributed by atoms with Gasteiger partial charge in [-0.3, -0.25) is 0 Å². The van der Waals surface area contributed by atoms with Gasteiger partial charge in [-0.25, -0.2) is 15.0 Å². The van der Waals surface area contributed by atoms with Crippen LogP contribution in [0.5, 0.6) is 0 Å². The van der Waals surface area contributed by atoms with Gasteiger partial charge in [0.1, 0.15) is 36.3 Å². The molecule has 0 aromatic heterocycles. The minimum Gasteiger partial charge on any atom is -0.479 e. The van der Waals surface area contributed by atoms with Crippen LogP contribution < -0.4 is 0 Å². The van der Waals surface area contributed by atoms with Crippen molar-refractivity contribution in [2.45, 2.75) is 77.3 Å². The van der Waals surface area contributed by atoms with Gasteiger partial charge in [0.2, 0.25) is 11.8 Å². The first-order valence-electron chi connectivity index (χ1n) is 13.1. The Morgan fingerprint density at radius 1 is 0.750 bits per heavy atom. The molecule has 0 amide bonds. The van der Waals surface area contributed by atoms with Crippen LogP contribution in [0.25, 0.3) is 0 Å². The van der Waals surface area contributed by atoms with E-state index < -0.39 is 5.41 Å². The lowest BCUT2D eigenvalue weighted by Crippen LogP contribution is -2.41. The van der Waals surface area contributed by atoms with Crippen molar-refractivity contribution in [2.24, 2.45) is 25.8 Å². The Kier molecular flexibility index (Phi) is 4.71. The van der Waals surface area contributed by atoms with Gasteiger partial charge in [-0.05, 0) is 34.6 Å². The lowest BCUT2D eigenvalue weighted by Gasteiger charge is -2.29. The quantitative estimate of drug-likeness (QED) is 0.584. The maximum absolute atomic E-state index is 6.62. The van der Waals surface area contributed by atoms with E-state index in [1.54, 1.807) is 0 Å². The maximum Gasteiger partial charge on any atom is 0.200 e. The van der Waals surface area contributed by atoms with Gasteiger partial charge in [0.15, 0.2) is 5.90 Å². The number of fused-ring (bicyclic) bond motifs is 6. The molecule has 6 nitrogen and oxygen atoms in total. The number of hydrogen-bond acceptors (Lipinski definition) is 6. The summed E-state index contributed by atoms with van der Waals surface area (Å²) < 4.78 is 19.4. The van der Waals surface area contributed by atoms with E-state index in [0.717, 1.165) is 18.7 Å². The Bertz CT molecular complexity index is 1240. The van der Waals surface area contributed by atoms with Gasteiger partial charge >= 0.3 is 0 Å². The second-order valence-electron chi connectivity index (χ2n) is 12.1. The van der Waals surface area contributed by atoms with E-state index in [1.807, 2.05) is 0 Å². The van der Waals surface area contributed by atoms with Crippen LogP contribution >= 0.6 is 0 Å². The molecule has 0 bridgehead atoms. The van der Waals surface area contributed by atoms with Crippen LogP contribution in [0, 0.1) is 10.8 Å². The van der Waals surface area contributed by atoms with Crippen LogP contribution in [0.2, 0.25) is 0 Å². The highest BCUT2D eigenvalue weighted by atomic mass is 16.5. The third-order valence-electron chi connectivity index (χ3n) is 8.49. The second-order valence-corrected chi connectivity index (χ2v) is 12.1. The van der Waals surface area contributed by atoms with Crippen LogP contribution in [0.4, 0.5) is 0 Å². The van der Waals surface area contributed by atoms with Gasteiger partial charge in [0, 0.05) is 19.3 Å². The zero-order valence-corrected chi connectivity index (χ0v) is 21.4. The van der Waals surface area contributed by atoms with Crippen molar-refractivity contribution in [3.8, 4) is 0 Å². The average molecular weight is 484 g/mol. The van der Waals surface area contributed by atoms with E-state index >= 15 is 0 Å². The van der Waals surface area contributed by atoms with Crippen molar-refractivity contribution in [3.05, 3.63) is 70.8 Å². The molecule has 3 aliphatic heterocycles. The monoisotopic (exact) mass is 483 g/mol. The summed E-state index contributed by atoms with van der Waals surface area (Å²) in [5, 5.41) is 0. The normalized spacial score (nSPS) is 29.8. The topological polar surface area (TPSA) is 64.8 Å². The zero-order valence-electron chi connectivity index (χ0n) is 21.4. The number of benzene rings is 2. The first kappa shape index (κ1) is 22.1. The average Bonchev–Trinajstić information content (AvgIpc) is 3.63. The predicted octanol–water partition coefficient (Wildman–Crippen LogP) is 5.42. The van der Waals surface area contributed by atoms with Crippen molar-refractivity contribution >= 4 is 17.7 Å². The fourth-order valence-corrected chi connectivity index (χ4v) is 6.25. The Hall–Kier alpha value is -3.15. The summed E-state index contributed by atoms with van der Waals surface area (Å²) >= 11 is 0. The molecular weight excluding hydrogens is 450 g/mol. The molecule has 186 valence electrons. The molecular formula is C30H33N3O3. The number of rotatable bonds is 4. The summed E-state index contributed by atoms with van der Waals surface area (Å²) in [6.07, 6.45) is 2.32. The number of hydrogen-bond donors (Lipinski definition) is 0. The molecule has 2 aromatic carbocycles. The molecule has 3 heterocycles. The fraction of sp³-hybridized carbons (Fsp3) is 0.500. The Morgan fingerprint density at radius 3 is 1.78 bits per heavy atom. The summed E-state index contributed by atoms with van der Waals surface area (Å²) in [6.45, 7) is 9.36. The predicted molar refractivity (Wildman–Crippen MR) is 140 cm³/mol. The lowest BCUT2D eigenvalue weighted by atomic mass is 9.85. The van der Waals surface area contributed by atoms with E-state index in [9.17, 15) is 0 Å².